The molecular formula is C21H28N2O3. The SMILES string of the molecule is CC1(C)C2CCC1(C)C(NC(=O)CCCn1c(=O)oc3ccccc31)C2. The average molecular weight is 356 g/mol. The van der Waals surface area contributed by atoms with Gasteiger partial charge in [0.25, 0.3) is 0 Å². The van der Waals surface area contributed by atoms with Crippen LogP contribution in [-0.2, 0) is 11.3 Å². The van der Waals surface area contributed by atoms with Crippen molar-refractivity contribution >= 4 is 17.0 Å². The number of amides is 1. The Balaban J connectivity index is 1.35. The predicted molar refractivity (Wildman–Crippen MR) is 101 cm³/mol. The molecule has 1 amide bonds. The Bertz CT molecular complexity index is 894. The standard InChI is InChI=1S/C21H28N2O3/c1-20(2)14-10-11-21(20,3)17(13-14)22-18(24)9-6-12-23-15-7-4-5-8-16(15)26-19(23)25/h4-5,7-8,14,17H,6,9-13H2,1-3H3,(H,22,24). The molecule has 2 fully saturated rings. The third-order valence-electron chi connectivity index (χ3n) is 7.49. The van der Waals surface area contributed by atoms with Crippen molar-refractivity contribution in [3.8, 4) is 0 Å². The third kappa shape index (κ3) is 2.51. The van der Waals surface area contributed by atoms with Gasteiger partial charge in [-0.2, -0.15) is 0 Å². The van der Waals surface area contributed by atoms with E-state index in [1.54, 1.807) is 10.6 Å². The van der Waals surface area contributed by atoms with E-state index in [1.807, 2.05) is 18.2 Å². The van der Waals surface area contributed by atoms with Gasteiger partial charge in [0, 0.05) is 19.0 Å². The van der Waals surface area contributed by atoms with Gasteiger partial charge in [0.15, 0.2) is 5.58 Å². The van der Waals surface area contributed by atoms with Crippen molar-refractivity contribution in [2.45, 2.75) is 65.5 Å². The van der Waals surface area contributed by atoms with Crippen molar-refractivity contribution in [3.05, 3.63) is 34.8 Å². The lowest BCUT2D eigenvalue weighted by molar-refractivity contribution is -0.123. The molecule has 0 spiro atoms. The zero-order valence-electron chi connectivity index (χ0n) is 15.9. The summed E-state index contributed by atoms with van der Waals surface area (Å²) in [5, 5.41) is 3.29. The van der Waals surface area contributed by atoms with Crippen LogP contribution in [0.5, 0.6) is 0 Å². The summed E-state index contributed by atoms with van der Waals surface area (Å²) in [4.78, 5) is 24.5. The molecule has 140 valence electrons. The lowest BCUT2D eigenvalue weighted by atomic mass is 9.69. The first kappa shape index (κ1) is 17.4. The maximum Gasteiger partial charge on any atom is 0.419 e. The van der Waals surface area contributed by atoms with Gasteiger partial charge in [-0.25, -0.2) is 4.79 Å². The van der Waals surface area contributed by atoms with Crippen molar-refractivity contribution in [2.24, 2.45) is 16.7 Å². The van der Waals surface area contributed by atoms with Gasteiger partial charge in [-0.15, -0.1) is 0 Å². The fraction of sp³-hybridized carbons (Fsp3) is 0.619. The highest BCUT2D eigenvalue weighted by atomic mass is 16.4. The first-order chi connectivity index (χ1) is 12.3. The number of fused-ring (bicyclic) bond motifs is 3. The van der Waals surface area contributed by atoms with E-state index in [0.717, 1.165) is 11.9 Å². The number of benzene rings is 1. The summed E-state index contributed by atoms with van der Waals surface area (Å²) in [6, 6.07) is 7.68. The maximum atomic E-state index is 12.5. The normalized spacial score (nSPS) is 29.3. The Hall–Kier alpha value is -2.04. The number of aromatic nitrogens is 1. The number of hydrogen-bond donors (Lipinski definition) is 1. The van der Waals surface area contributed by atoms with Gasteiger partial charge in [-0.3, -0.25) is 9.36 Å². The topological polar surface area (TPSA) is 64.2 Å². The van der Waals surface area contributed by atoms with Crippen LogP contribution in [-0.4, -0.2) is 16.5 Å². The Kier molecular flexibility index (Phi) is 4.01. The Morgan fingerprint density at radius 1 is 1.31 bits per heavy atom. The summed E-state index contributed by atoms with van der Waals surface area (Å²) in [5.74, 6) is 0.461. The van der Waals surface area contributed by atoms with Crippen LogP contribution >= 0.6 is 0 Å². The van der Waals surface area contributed by atoms with Crippen LogP contribution in [0.4, 0.5) is 0 Å². The highest BCUT2D eigenvalue weighted by Gasteiger charge is 2.61. The number of nitrogens with one attached hydrogen (secondary N) is 1. The minimum Gasteiger partial charge on any atom is -0.408 e. The van der Waals surface area contributed by atoms with Gasteiger partial charge in [0.1, 0.15) is 0 Å². The summed E-state index contributed by atoms with van der Waals surface area (Å²) in [7, 11) is 0. The summed E-state index contributed by atoms with van der Waals surface area (Å²) in [6.07, 6.45) is 4.65. The van der Waals surface area contributed by atoms with Crippen LogP contribution in [0, 0.1) is 16.7 Å². The van der Waals surface area contributed by atoms with Gasteiger partial charge < -0.3 is 9.73 Å². The number of hydrogen-bond acceptors (Lipinski definition) is 3. The van der Waals surface area contributed by atoms with E-state index in [9.17, 15) is 9.59 Å². The molecule has 0 aliphatic heterocycles. The van der Waals surface area contributed by atoms with Crippen LogP contribution in [0.1, 0.15) is 52.9 Å². The summed E-state index contributed by atoms with van der Waals surface area (Å²) >= 11 is 0. The Labute approximate surface area is 153 Å². The molecule has 2 aliphatic carbocycles. The third-order valence-corrected chi connectivity index (χ3v) is 7.49. The minimum absolute atomic E-state index is 0.0976. The fourth-order valence-electron chi connectivity index (χ4n) is 5.31. The maximum absolute atomic E-state index is 12.5. The molecule has 4 rings (SSSR count). The van der Waals surface area contributed by atoms with Crippen molar-refractivity contribution in [1.82, 2.24) is 9.88 Å². The first-order valence-electron chi connectivity index (χ1n) is 9.71. The zero-order valence-corrected chi connectivity index (χ0v) is 15.9. The van der Waals surface area contributed by atoms with E-state index < -0.39 is 0 Å². The lowest BCUT2D eigenvalue weighted by Crippen LogP contribution is -2.46. The largest absolute Gasteiger partial charge is 0.419 e. The summed E-state index contributed by atoms with van der Waals surface area (Å²) in [6.45, 7) is 7.54. The van der Waals surface area contributed by atoms with Crippen molar-refractivity contribution in [2.75, 3.05) is 0 Å². The van der Waals surface area contributed by atoms with E-state index in [1.165, 1.54) is 12.8 Å². The summed E-state index contributed by atoms with van der Waals surface area (Å²) in [5.41, 5.74) is 1.89. The molecule has 3 unspecified atom stereocenters. The molecule has 2 aromatic rings. The number of rotatable bonds is 5. The molecule has 1 aromatic heterocycles. The number of carbonyl (C=O) groups excluding carboxylic acids is 1. The number of aryl methyl sites for hydroxylation is 1. The second-order valence-corrected chi connectivity index (χ2v) is 8.82. The second kappa shape index (κ2) is 6.00. The van der Waals surface area contributed by atoms with Gasteiger partial charge in [0.2, 0.25) is 5.91 Å². The van der Waals surface area contributed by atoms with E-state index in [4.69, 9.17) is 4.42 Å². The lowest BCUT2D eigenvalue weighted by Gasteiger charge is -2.39. The number of nitrogens with zero attached hydrogens (tertiary/aromatic N) is 1. The molecule has 0 saturated heterocycles. The predicted octanol–water partition coefficient (Wildman–Crippen LogP) is 3.71. The molecule has 1 N–H and O–H groups in total. The van der Waals surface area contributed by atoms with Crippen molar-refractivity contribution < 1.29 is 9.21 Å². The van der Waals surface area contributed by atoms with Gasteiger partial charge in [-0.1, -0.05) is 32.9 Å². The minimum atomic E-state index is -0.353. The molecule has 2 saturated carbocycles. The van der Waals surface area contributed by atoms with E-state index in [0.29, 0.717) is 36.3 Å². The van der Waals surface area contributed by atoms with Crippen molar-refractivity contribution in [1.29, 1.82) is 0 Å². The molecule has 2 bridgehead atoms. The van der Waals surface area contributed by atoms with Crippen LogP contribution in [0.15, 0.2) is 33.5 Å². The highest BCUT2D eigenvalue weighted by Crippen LogP contribution is 2.65. The Morgan fingerprint density at radius 2 is 2.08 bits per heavy atom. The molecule has 26 heavy (non-hydrogen) atoms. The van der Waals surface area contributed by atoms with Crippen LogP contribution in [0.25, 0.3) is 11.1 Å². The molecule has 5 nitrogen and oxygen atoms in total. The number of oxazole rings is 1. The Morgan fingerprint density at radius 3 is 2.77 bits per heavy atom. The van der Waals surface area contributed by atoms with Gasteiger partial charge in [-0.05, 0) is 54.6 Å². The monoisotopic (exact) mass is 356 g/mol. The number of carbonyl (C=O) groups is 1. The van der Waals surface area contributed by atoms with Gasteiger partial charge in [0.05, 0.1) is 5.52 Å². The molecule has 3 atom stereocenters. The smallest absolute Gasteiger partial charge is 0.408 e. The molecular weight excluding hydrogens is 328 g/mol. The number of para-hydroxylation sites is 2. The first-order valence-corrected chi connectivity index (χ1v) is 9.71. The van der Waals surface area contributed by atoms with E-state index in [2.05, 4.69) is 26.1 Å². The highest BCUT2D eigenvalue weighted by molar-refractivity contribution is 5.76. The summed E-state index contributed by atoms with van der Waals surface area (Å²) < 4.78 is 6.86. The fourth-order valence-corrected chi connectivity index (χ4v) is 5.31. The van der Waals surface area contributed by atoms with E-state index in [-0.39, 0.29) is 23.1 Å². The van der Waals surface area contributed by atoms with Crippen molar-refractivity contribution in [3.63, 3.8) is 0 Å². The molecule has 1 aromatic carbocycles. The van der Waals surface area contributed by atoms with Crippen LogP contribution in [0.2, 0.25) is 0 Å². The van der Waals surface area contributed by atoms with E-state index >= 15 is 0 Å². The van der Waals surface area contributed by atoms with Crippen LogP contribution in [0.3, 0.4) is 0 Å². The average Bonchev–Trinajstić information content (AvgIpc) is 3.09. The zero-order chi connectivity index (χ0) is 18.5. The van der Waals surface area contributed by atoms with Gasteiger partial charge >= 0.3 is 5.76 Å². The molecule has 1 heterocycles. The molecule has 0 radical (unpaired) electrons. The second-order valence-electron chi connectivity index (χ2n) is 8.82. The van der Waals surface area contributed by atoms with Crippen LogP contribution < -0.4 is 11.1 Å². The molecule has 2 aliphatic rings. The molecule has 5 heteroatoms. The quantitative estimate of drug-likeness (QED) is 0.888.